The lowest BCUT2D eigenvalue weighted by Gasteiger charge is -2.17. The van der Waals surface area contributed by atoms with E-state index in [1.54, 1.807) is 0 Å². The molecule has 3 nitrogen and oxygen atoms in total. The van der Waals surface area contributed by atoms with Crippen molar-refractivity contribution < 1.29 is 5.11 Å². The van der Waals surface area contributed by atoms with E-state index in [1.807, 2.05) is 42.5 Å². The summed E-state index contributed by atoms with van der Waals surface area (Å²) in [7, 11) is 0. The number of para-hydroxylation sites is 1. The zero-order valence-corrected chi connectivity index (χ0v) is 10.9. The van der Waals surface area contributed by atoms with Crippen LogP contribution in [0, 0.1) is 0 Å². The fourth-order valence-corrected chi connectivity index (χ4v) is 2.05. The fourth-order valence-electron chi connectivity index (χ4n) is 2.05. The Morgan fingerprint density at radius 1 is 1.00 bits per heavy atom. The molecule has 0 aliphatic heterocycles. The fraction of sp³-hybridized carbons (Fsp3) is 0.250. The zero-order valence-electron chi connectivity index (χ0n) is 10.9. The van der Waals surface area contributed by atoms with E-state index in [4.69, 9.17) is 5.73 Å². The predicted molar refractivity (Wildman–Crippen MR) is 78.7 cm³/mol. The summed E-state index contributed by atoms with van der Waals surface area (Å²) in [6.07, 6.45) is 0.810. The van der Waals surface area contributed by atoms with E-state index >= 15 is 0 Å². The standard InChI is InChI=1S/C16H20N2O/c17-16-9-5-4-8-14(16)11-18-15(12-19)10-13-6-2-1-3-7-13/h1-9,15,18-19H,10-12,17H2/t15-/m0/s1. The number of benzene rings is 2. The Morgan fingerprint density at radius 3 is 2.37 bits per heavy atom. The second-order valence-electron chi connectivity index (χ2n) is 4.65. The Morgan fingerprint density at radius 2 is 1.68 bits per heavy atom. The van der Waals surface area contributed by atoms with E-state index in [9.17, 15) is 5.11 Å². The average Bonchev–Trinajstić information content (AvgIpc) is 2.46. The number of nitrogens with one attached hydrogen (secondary N) is 1. The van der Waals surface area contributed by atoms with E-state index in [2.05, 4.69) is 17.4 Å². The zero-order chi connectivity index (χ0) is 13.5. The van der Waals surface area contributed by atoms with Crippen molar-refractivity contribution in [3.05, 3.63) is 65.7 Å². The summed E-state index contributed by atoms with van der Waals surface area (Å²) in [6.45, 7) is 0.784. The van der Waals surface area contributed by atoms with Gasteiger partial charge in [-0.15, -0.1) is 0 Å². The molecule has 0 aromatic heterocycles. The molecular weight excluding hydrogens is 236 g/mol. The first-order valence-electron chi connectivity index (χ1n) is 6.51. The first-order chi connectivity index (χ1) is 9.29. The minimum Gasteiger partial charge on any atom is -0.398 e. The third-order valence-electron chi connectivity index (χ3n) is 3.18. The highest BCUT2D eigenvalue weighted by molar-refractivity contribution is 5.46. The SMILES string of the molecule is Nc1ccccc1CN[C@H](CO)Cc1ccccc1. The first-order valence-corrected chi connectivity index (χ1v) is 6.51. The Hall–Kier alpha value is -1.84. The number of hydrogen-bond donors (Lipinski definition) is 3. The van der Waals surface area contributed by atoms with E-state index in [0.717, 1.165) is 17.7 Å². The Bertz CT molecular complexity index is 499. The molecule has 0 aliphatic rings. The number of rotatable bonds is 6. The van der Waals surface area contributed by atoms with Crippen LogP contribution in [0.1, 0.15) is 11.1 Å². The molecule has 0 saturated heterocycles. The van der Waals surface area contributed by atoms with Gasteiger partial charge < -0.3 is 16.2 Å². The summed E-state index contributed by atoms with van der Waals surface area (Å²) < 4.78 is 0. The van der Waals surface area contributed by atoms with Gasteiger partial charge in [0.2, 0.25) is 0 Å². The molecular formula is C16H20N2O. The lowest BCUT2D eigenvalue weighted by molar-refractivity contribution is 0.241. The second-order valence-corrected chi connectivity index (χ2v) is 4.65. The molecule has 0 fully saturated rings. The van der Waals surface area contributed by atoms with Crippen LogP contribution in [0.4, 0.5) is 5.69 Å². The molecule has 2 rings (SSSR count). The van der Waals surface area contributed by atoms with E-state index < -0.39 is 0 Å². The van der Waals surface area contributed by atoms with Crippen molar-refractivity contribution in [1.82, 2.24) is 5.32 Å². The molecule has 19 heavy (non-hydrogen) atoms. The Kier molecular flexibility index (Phi) is 4.95. The molecule has 0 heterocycles. The maximum absolute atomic E-state index is 9.44. The third kappa shape index (κ3) is 4.09. The summed E-state index contributed by atoms with van der Waals surface area (Å²) in [4.78, 5) is 0. The normalized spacial score (nSPS) is 12.3. The molecule has 0 amide bonds. The van der Waals surface area contributed by atoms with Gasteiger partial charge in [0.1, 0.15) is 0 Å². The number of hydrogen-bond acceptors (Lipinski definition) is 3. The largest absolute Gasteiger partial charge is 0.398 e. The molecule has 2 aromatic carbocycles. The van der Waals surface area contributed by atoms with Crippen LogP contribution in [0.3, 0.4) is 0 Å². The number of aliphatic hydroxyl groups excluding tert-OH is 1. The number of nitrogen functional groups attached to an aromatic ring is 1. The molecule has 2 aromatic rings. The van der Waals surface area contributed by atoms with Crippen molar-refractivity contribution in [2.45, 2.75) is 19.0 Å². The van der Waals surface area contributed by atoms with Gasteiger partial charge in [-0.3, -0.25) is 0 Å². The summed E-state index contributed by atoms with van der Waals surface area (Å²) >= 11 is 0. The number of aliphatic hydroxyl groups is 1. The highest BCUT2D eigenvalue weighted by Gasteiger charge is 2.08. The van der Waals surface area contributed by atoms with Gasteiger partial charge in [0.15, 0.2) is 0 Å². The van der Waals surface area contributed by atoms with E-state index in [0.29, 0.717) is 6.54 Å². The van der Waals surface area contributed by atoms with Crippen molar-refractivity contribution in [1.29, 1.82) is 0 Å². The van der Waals surface area contributed by atoms with Gasteiger partial charge in [-0.05, 0) is 23.6 Å². The molecule has 0 spiro atoms. The Balaban J connectivity index is 1.91. The average molecular weight is 256 g/mol. The summed E-state index contributed by atoms with van der Waals surface area (Å²) in [5.74, 6) is 0. The van der Waals surface area contributed by atoms with Gasteiger partial charge in [0, 0.05) is 18.3 Å². The van der Waals surface area contributed by atoms with Crippen molar-refractivity contribution >= 4 is 5.69 Å². The molecule has 3 heteroatoms. The molecule has 0 radical (unpaired) electrons. The van der Waals surface area contributed by atoms with Crippen LogP contribution in [-0.2, 0) is 13.0 Å². The summed E-state index contributed by atoms with van der Waals surface area (Å²) in [5.41, 5.74) is 8.96. The molecule has 0 bridgehead atoms. The summed E-state index contributed by atoms with van der Waals surface area (Å²) in [5, 5.41) is 12.8. The molecule has 100 valence electrons. The van der Waals surface area contributed by atoms with Crippen LogP contribution in [-0.4, -0.2) is 17.8 Å². The minimum atomic E-state index is 0.0435. The topological polar surface area (TPSA) is 58.3 Å². The Labute approximate surface area is 114 Å². The van der Waals surface area contributed by atoms with Gasteiger partial charge in [-0.25, -0.2) is 0 Å². The van der Waals surface area contributed by atoms with Crippen LogP contribution in [0.5, 0.6) is 0 Å². The van der Waals surface area contributed by atoms with Crippen molar-refractivity contribution in [3.8, 4) is 0 Å². The van der Waals surface area contributed by atoms with Crippen LogP contribution in [0.25, 0.3) is 0 Å². The molecule has 0 unspecified atom stereocenters. The number of anilines is 1. The molecule has 4 N–H and O–H groups in total. The molecule has 0 aliphatic carbocycles. The van der Waals surface area contributed by atoms with Gasteiger partial charge in [0.25, 0.3) is 0 Å². The maximum Gasteiger partial charge on any atom is 0.0587 e. The van der Waals surface area contributed by atoms with Crippen molar-refractivity contribution in [2.24, 2.45) is 0 Å². The number of nitrogens with two attached hydrogens (primary N) is 1. The van der Waals surface area contributed by atoms with Crippen LogP contribution >= 0.6 is 0 Å². The molecule has 0 saturated carbocycles. The molecule has 1 atom stereocenters. The van der Waals surface area contributed by atoms with Crippen molar-refractivity contribution in [2.75, 3.05) is 12.3 Å². The van der Waals surface area contributed by atoms with E-state index in [-0.39, 0.29) is 12.6 Å². The van der Waals surface area contributed by atoms with Crippen molar-refractivity contribution in [3.63, 3.8) is 0 Å². The third-order valence-corrected chi connectivity index (χ3v) is 3.18. The van der Waals surface area contributed by atoms with Gasteiger partial charge in [-0.2, -0.15) is 0 Å². The van der Waals surface area contributed by atoms with Crippen LogP contribution < -0.4 is 11.1 Å². The monoisotopic (exact) mass is 256 g/mol. The second kappa shape index (κ2) is 6.92. The summed E-state index contributed by atoms with van der Waals surface area (Å²) in [6, 6.07) is 18.0. The van der Waals surface area contributed by atoms with Gasteiger partial charge in [-0.1, -0.05) is 48.5 Å². The van der Waals surface area contributed by atoms with Crippen LogP contribution in [0.2, 0.25) is 0 Å². The first kappa shape index (κ1) is 13.6. The minimum absolute atomic E-state index is 0.0435. The van der Waals surface area contributed by atoms with Gasteiger partial charge in [0.05, 0.1) is 6.61 Å². The predicted octanol–water partition coefficient (Wildman–Crippen LogP) is 1.96. The highest BCUT2D eigenvalue weighted by Crippen LogP contribution is 2.10. The highest BCUT2D eigenvalue weighted by atomic mass is 16.3. The van der Waals surface area contributed by atoms with E-state index in [1.165, 1.54) is 5.56 Å². The quantitative estimate of drug-likeness (QED) is 0.692. The van der Waals surface area contributed by atoms with Crippen LogP contribution in [0.15, 0.2) is 54.6 Å². The van der Waals surface area contributed by atoms with Gasteiger partial charge >= 0.3 is 0 Å². The smallest absolute Gasteiger partial charge is 0.0587 e. The lowest BCUT2D eigenvalue weighted by Crippen LogP contribution is -2.34. The maximum atomic E-state index is 9.44. The lowest BCUT2D eigenvalue weighted by atomic mass is 10.1.